The second-order valence-corrected chi connectivity index (χ2v) is 19.4. The number of aryl methyl sites for hydroxylation is 2. The van der Waals surface area contributed by atoms with Crippen LogP contribution in [-0.4, -0.2) is 0 Å². The Hall–Kier alpha value is -2.60. The molecule has 0 bridgehead atoms. The van der Waals surface area contributed by atoms with Crippen molar-refractivity contribution >= 4 is 0 Å². The Morgan fingerprint density at radius 2 is 1.19 bits per heavy atom. The third-order valence-electron chi connectivity index (χ3n) is 12.0. The van der Waals surface area contributed by atoms with Crippen LogP contribution in [0.4, 0.5) is 0 Å². The van der Waals surface area contributed by atoms with E-state index in [1.807, 2.05) is 6.08 Å². The summed E-state index contributed by atoms with van der Waals surface area (Å²) in [6, 6.07) is 25.0. The number of hydrogen-bond acceptors (Lipinski definition) is 0. The van der Waals surface area contributed by atoms with Gasteiger partial charge in [0.2, 0.25) is 0 Å². The summed E-state index contributed by atoms with van der Waals surface area (Å²) in [5, 5.41) is 0. The van der Waals surface area contributed by atoms with Crippen LogP contribution in [0.25, 0.3) is 0 Å². The lowest BCUT2D eigenvalue weighted by molar-refractivity contribution is -0.0355. The van der Waals surface area contributed by atoms with E-state index in [0.29, 0.717) is 28.6 Å². The van der Waals surface area contributed by atoms with Crippen molar-refractivity contribution in [3.05, 3.63) is 118 Å². The second kappa shape index (κ2) is 16.0. The third kappa shape index (κ3) is 10.7. The molecule has 0 heterocycles. The van der Waals surface area contributed by atoms with Crippen LogP contribution in [0.2, 0.25) is 0 Å². The SMILES string of the molecule is C=CCC(c1ccccc1)c1ccc(C)c(CC(C)(C)C)c1.Cc1cc(CC(C)(C)C(C)C)cc(C(C)C(C)(C(C)(C)C)C(C)(C)C)c1. The van der Waals surface area contributed by atoms with Gasteiger partial charge in [-0.05, 0) is 105 Å². The van der Waals surface area contributed by atoms with E-state index in [-0.39, 0.29) is 16.2 Å². The molecule has 0 aromatic heterocycles. The van der Waals surface area contributed by atoms with Crippen LogP contribution in [0.5, 0.6) is 0 Å². The van der Waals surface area contributed by atoms with Crippen molar-refractivity contribution in [3.63, 3.8) is 0 Å². The summed E-state index contributed by atoms with van der Waals surface area (Å²) in [7, 11) is 0. The Balaban J connectivity index is 0.000000338. The zero-order chi connectivity index (χ0) is 36.9. The standard InChI is InChI=1S/C26H46.C22H28/c1-18(2)25(11,12)17-21-14-19(3)15-22(16-21)20(4)26(13,23(5,6)7)24(8,9)10;1-6-10-21(18-11-8-7-9-12-18)19-14-13-17(2)20(15-19)16-22(3,4)5/h14-16,18,20H,17H2,1-13H3;6-9,11-15,21H,1,10,16H2,2-5H3. The molecule has 48 heavy (non-hydrogen) atoms. The molecule has 0 fully saturated rings. The highest BCUT2D eigenvalue weighted by Crippen LogP contribution is 2.59. The van der Waals surface area contributed by atoms with Crippen LogP contribution >= 0.6 is 0 Å². The highest BCUT2D eigenvalue weighted by Gasteiger charge is 2.50. The Morgan fingerprint density at radius 1 is 0.625 bits per heavy atom. The van der Waals surface area contributed by atoms with E-state index >= 15 is 0 Å². The van der Waals surface area contributed by atoms with Gasteiger partial charge in [0.15, 0.2) is 0 Å². The fraction of sp³-hybridized carbons (Fsp3) is 0.583. The molecule has 0 nitrogen and oxygen atoms in total. The topological polar surface area (TPSA) is 0 Å². The molecule has 0 radical (unpaired) electrons. The molecule has 0 aliphatic heterocycles. The minimum atomic E-state index is 0.193. The summed E-state index contributed by atoms with van der Waals surface area (Å²) in [6.07, 6.45) is 5.26. The smallest absolute Gasteiger partial charge is 0.0124 e. The summed E-state index contributed by atoms with van der Waals surface area (Å²) in [6.45, 7) is 44.2. The lowest BCUT2D eigenvalue weighted by Crippen LogP contribution is -2.47. The van der Waals surface area contributed by atoms with Crippen molar-refractivity contribution in [2.24, 2.45) is 33.0 Å². The fourth-order valence-corrected chi connectivity index (χ4v) is 7.72. The van der Waals surface area contributed by atoms with E-state index in [4.69, 9.17) is 0 Å². The minimum absolute atomic E-state index is 0.193. The van der Waals surface area contributed by atoms with Crippen LogP contribution in [0.3, 0.4) is 0 Å². The lowest BCUT2D eigenvalue weighted by atomic mass is 9.49. The van der Waals surface area contributed by atoms with E-state index in [1.54, 1.807) is 0 Å². The first-order valence-electron chi connectivity index (χ1n) is 18.7. The van der Waals surface area contributed by atoms with E-state index in [2.05, 4.69) is 191 Å². The van der Waals surface area contributed by atoms with Gasteiger partial charge in [-0.15, -0.1) is 6.58 Å². The normalized spacial score (nSPS) is 14.3. The molecule has 0 aliphatic rings. The number of hydrogen-bond donors (Lipinski definition) is 0. The average Bonchev–Trinajstić information content (AvgIpc) is 2.94. The Morgan fingerprint density at radius 3 is 1.67 bits per heavy atom. The molecule has 2 atom stereocenters. The van der Waals surface area contributed by atoms with Crippen LogP contribution in [0.1, 0.15) is 161 Å². The Labute approximate surface area is 299 Å². The van der Waals surface area contributed by atoms with Gasteiger partial charge in [-0.25, -0.2) is 0 Å². The van der Waals surface area contributed by atoms with Gasteiger partial charge in [0.25, 0.3) is 0 Å². The monoisotopic (exact) mass is 651 g/mol. The molecular formula is C48H74. The number of benzene rings is 3. The maximum absolute atomic E-state index is 3.95. The largest absolute Gasteiger partial charge is 0.103 e. The molecule has 0 amide bonds. The zero-order valence-electron chi connectivity index (χ0n) is 34.5. The molecule has 266 valence electrons. The molecule has 3 aromatic carbocycles. The highest BCUT2D eigenvalue weighted by molar-refractivity contribution is 5.39. The van der Waals surface area contributed by atoms with E-state index in [0.717, 1.165) is 19.3 Å². The Bertz CT molecular complexity index is 1430. The molecule has 0 N–H and O–H groups in total. The van der Waals surface area contributed by atoms with Crippen molar-refractivity contribution in [1.29, 1.82) is 0 Å². The van der Waals surface area contributed by atoms with Crippen LogP contribution in [0.15, 0.2) is 79.4 Å². The van der Waals surface area contributed by atoms with Gasteiger partial charge in [-0.1, -0.05) is 182 Å². The molecule has 3 rings (SSSR count). The maximum Gasteiger partial charge on any atom is 0.0124 e. The summed E-state index contributed by atoms with van der Waals surface area (Å²) >= 11 is 0. The second-order valence-electron chi connectivity index (χ2n) is 19.4. The van der Waals surface area contributed by atoms with Gasteiger partial charge in [-0.3, -0.25) is 0 Å². The van der Waals surface area contributed by atoms with E-state index in [1.165, 1.54) is 38.9 Å². The van der Waals surface area contributed by atoms with E-state index in [9.17, 15) is 0 Å². The van der Waals surface area contributed by atoms with Crippen molar-refractivity contribution < 1.29 is 0 Å². The molecular weight excluding hydrogens is 577 g/mol. The molecule has 0 spiro atoms. The maximum atomic E-state index is 3.95. The molecule has 3 aromatic rings. The van der Waals surface area contributed by atoms with Gasteiger partial charge in [0.05, 0.1) is 0 Å². The highest BCUT2D eigenvalue weighted by atomic mass is 14.5. The third-order valence-corrected chi connectivity index (χ3v) is 12.0. The van der Waals surface area contributed by atoms with Gasteiger partial charge < -0.3 is 0 Å². The predicted molar refractivity (Wildman–Crippen MR) is 216 cm³/mol. The van der Waals surface area contributed by atoms with Gasteiger partial charge >= 0.3 is 0 Å². The fourth-order valence-electron chi connectivity index (χ4n) is 7.72. The number of allylic oxidation sites excluding steroid dienone is 1. The predicted octanol–water partition coefficient (Wildman–Crippen LogP) is 14.7. The summed E-state index contributed by atoms with van der Waals surface area (Å²) in [5.74, 6) is 1.58. The van der Waals surface area contributed by atoms with E-state index < -0.39 is 0 Å². The quantitative estimate of drug-likeness (QED) is 0.192. The average molecular weight is 651 g/mol. The van der Waals surface area contributed by atoms with Crippen molar-refractivity contribution in [2.75, 3.05) is 0 Å². The summed E-state index contributed by atoms with van der Waals surface area (Å²) in [4.78, 5) is 0. The van der Waals surface area contributed by atoms with Gasteiger partial charge in [0.1, 0.15) is 0 Å². The summed E-state index contributed by atoms with van der Waals surface area (Å²) in [5.41, 5.74) is 11.3. The first-order chi connectivity index (χ1) is 21.8. The molecule has 0 heteroatoms. The van der Waals surface area contributed by atoms with Crippen molar-refractivity contribution in [3.8, 4) is 0 Å². The van der Waals surface area contributed by atoms with Gasteiger partial charge in [0, 0.05) is 5.92 Å². The lowest BCUT2D eigenvalue weighted by Gasteiger charge is -2.55. The first-order valence-corrected chi connectivity index (χ1v) is 18.7. The van der Waals surface area contributed by atoms with Crippen LogP contribution in [0, 0.1) is 46.8 Å². The van der Waals surface area contributed by atoms with Crippen molar-refractivity contribution in [1.82, 2.24) is 0 Å². The molecule has 0 saturated heterocycles. The molecule has 2 unspecified atom stereocenters. The number of rotatable bonds is 10. The zero-order valence-corrected chi connectivity index (χ0v) is 34.5. The molecule has 0 aliphatic carbocycles. The van der Waals surface area contributed by atoms with Crippen LogP contribution in [-0.2, 0) is 12.8 Å². The van der Waals surface area contributed by atoms with Crippen LogP contribution < -0.4 is 0 Å². The Kier molecular flexibility index (Phi) is 13.8. The molecule has 0 saturated carbocycles. The summed E-state index contributed by atoms with van der Waals surface area (Å²) < 4.78 is 0. The van der Waals surface area contributed by atoms with Crippen molar-refractivity contribution in [2.45, 2.75) is 149 Å². The first kappa shape index (κ1) is 41.6. The van der Waals surface area contributed by atoms with Gasteiger partial charge in [-0.2, -0.15) is 0 Å². The minimum Gasteiger partial charge on any atom is -0.103 e.